The summed E-state index contributed by atoms with van der Waals surface area (Å²) in [7, 11) is 0. The van der Waals surface area contributed by atoms with E-state index in [1.165, 1.54) is 17.1 Å². The molecule has 1 aromatic carbocycles. The number of carbonyl (C=O) groups excluding carboxylic acids is 1. The van der Waals surface area contributed by atoms with Crippen molar-refractivity contribution in [2.45, 2.75) is 26.7 Å². The number of hydrogen-bond acceptors (Lipinski definition) is 5. The van der Waals surface area contributed by atoms with Crippen molar-refractivity contribution in [2.75, 3.05) is 19.7 Å². The Balaban J connectivity index is 1.57. The maximum absolute atomic E-state index is 12.6. The number of likely N-dealkylation sites (tertiary alicyclic amines) is 1. The van der Waals surface area contributed by atoms with Gasteiger partial charge in [-0.2, -0.15) is 0 Å². The first-order valence-corrected chi connectivity index (χ1v) is 8.68. The molecule has 3 rings (SSSR count). The Kier molecular flexibility index (Phi) is 4.91. The van der Waals surface area contributed by atoms with Crippen LogP contribution in [0.5, 0.6) is 5.75 Å². The van der Waals surface area contributed by atoms with Gasteiger partial charge in [-0.15, -0.1) is 5.10 Å². The highest BCUT2D eigenvalue weighted by Gasteiger charge is 2.27. The molecule has 1 aromatic heterocycles. The number of aromatic nitrogens is 2. The Morgan fingerprint density at radius 1 is 1.35 bits per heavy atom. The third-order valence-corrected chi connectivity index (χ3v) is 4.97. The molecular formula is C17H21N3O2S. The predicted molar refractivity (Wildman–Crippen MR) is 89.9 cm³/mol. The van der Waals surface area contributed by atoms with E-state index in [0.717, 1.165) is 37.4 Å². The standard InChI is InChI=1S/C17H21N3O2S/c1-12-5-7-15(8-6-12)22-11-14-4-3-9-20(10-14)17(21)16-13(2)18-19-23-16/h5-8,14H,3-4,9-11H2,1-2H3/t14-/m0/s1. The van der Waals surface area contributed by atoms with Crippen LogP contribution in [0.15, 0.2) is 24.3 Å². The van der Waals surface area contributed by atoms with Gasteiger partial charge in [0.05, 0.1) is 12.3 Å². The molecule has 2 heterocycles. The molecule has 0 radical (unpaired) electrons. The SMILES string of the molecule is Cc1ccc(OC[C@H]2CCCN(C(=O)c3snnc3C)C2)cc1. The van der Waals surface area contributed by atoms with Crippen LogP contribution < -0.4 is 4.74 Å². The first kappa shape index (κ1) is 15.9. The van der Waals surface area contributed by atoms with Crippen LogP contribution >= 0.6 is 11.5 Å². The van der Waals surface area contributed by atoms with Gasteiger partial charge in [-0.1, -0.05) is 22.2 Å². The largest absolute Gasteiger partial charge is 0.493 e. The zero-order chi connectivity index (χ0) is 16.2. The molecular weight excluding hydrogens is 310 g/mol. The summed E-state index contributed by atoms with van der Waals surface area (Å²) < 4.78 is 9.74. The summed E-state index contributed by atoms with van der Waals surface area (Å²) in [5, 5.41) is 3.93. The minimum atomic E-state index is 0.0533. The van der Waals surface area contributed by atoms with Gasteiger partial charge < -0.3 is 9.64 Å². The molecule has 1 atom stereocenters. The van der Waals surface area contributed by atoms with Gasteiger partial charge in [-0.3, -0.25) is 4.79 Å². The Hall–Kier alpha value is -1.95. The van der Waals surface area contributed by atoms with Crippen molar-refractivity contribution in [3.63, 3.8) is 0 Å². The van der Waals surface area contributed by atoms with Crippen molar-refractivity contribution in [1.82, 2.24) is 14.5 Å². The topological polar surface area (TPSA) is 55.3 Å². The molecule has 1 amide bonds. The molecule has 0 spiro atoms. The molecule has 122 valence electrons. The quantitative estimate of drug-likeness (QED) is 0.864. The number of amides is 1. The fraction of sp³-hybridized carbons (Fsp3) is 0.471. The van der Waals surface area contributed by atoms with E-state index >= 15 is 0 Å². The number of ether oxygens (including phenoxy) is 1. The molecule has 1 fully saturated rings. The van der Waals surface area contributed by atoms with Crippen LogP contribution in [-0.4, -0.2) is 40.1 Å². The molecule has 0 N–H and O–H groups in total. The van der Waals surface area contributed by atoms with Gasteiger partial charge in [-0.05, 0) is 50.4 Å². The van der Waals surface area contributed by atoms with Gasteiger partial charge in [0.1, 0.15) is 10.6 Å². The summed E-state index contributed by atoms with van der Waals surface area (Å²) in [6.45, 7) is 6.08. The number of piperidine rings is 1. The van der Waals surface area contributed by atoms with Crippen LogP contribution in [0.2, 0.25) is 0 Å². The maximum Gasteiger partial charge on any atom is 0.267 e. The van der Waals surface area contributed by atoms with Crippen molar-refractivity contribution in [3.05, 3.63) is 40.4 Å². The van der Waals surface area contributed by atoms with Crippen LogP contribution in [0, 0.1) is 19.8 Å². The third kappa shape index (κ3) is 3.88. The summed E-state index contributed by atoms with van der Waals surface area (Å²) in [5.74, 6) is 1.31. The second-order valence-corrected chi connectivity index (χ2v) is 6.83. The first-order chi connectivity index (χ1) is 11.1. The second kappa shape index (κ2) is 7.08. The fourth-order valence-corrected chi connectivity index (χ4v) is 3.43. The summed E-state index contributed by atoms with van der Waals surface area (Å²) in [4.78, 5) is 15.1. The molecule has 1 aliphatic heterocycles. The number of aryl methyl sites for hydroxylation is 2. The molecule has 5 nitrogen and oxygen atoms in total. The minimum Gasteiger partial charge on any atom is -0.493 e. The lowest BCUT2D eigenvalue weighted by Crippen LogP contribution is -2.41. The van der Waals surface area contributed by atoms with Crippen molar-refractivity contribution in [2.24, 2.45) is 5.92 Å². The number of hydrogen-bond donors (Lipinski definition) is 0. The Morgan fingerprint density at radius 3 is 2.83 bits per heavy atom. The van der Waals surface area contributed by atoms with Crippen LogP contribution in [0.4, 0.5) is 0 Å². The molecule has 23 heavy (non-hydrogen) atoms. The van der Waals surface area contributed by atoms with Crippen molar-refractivity contribution < 1.29 is 9.53 Å². The number of nitrogens with zero attached hydrogens (tertiary/aromatic N) is 3. The number of carbonyl (C=O) groups is 1. The van der Waals surface area contributed by atoms with Crippen LogP contribution in [0.25, 0.3) is 0 Å². The Bertz CT molecular complexity index is 669. The number of rotatable bonds is 4. The predicted octanol–water partition coefficient (Wildman–Crippen LogP) is 3.09. The first-order valence-electron chi connectivity index (χ1n) is 7.91. The minimum absolute atomic E-state index is 0.0533. The van der Waals surface area contributed by atoms with E-state index in [9.17, 15) is 4.79 Å². The highest BCUT2D eigenvalue weighted by atomic mass is 32.1. The molecule has 0 unspecified atom stereocenters. The van der Waals surface area contributed by atoms with Gasteiger partial charge >= 0.3 is 0 Å². The monoisotopic (exact) mass is 331 g/mol. The van der Waals surface area contributed by atoms with Crippen LogP contribution in [0.1, 0.15) is 33.8 Å². The van der Waals surface area contributed by atoms with E-state index in [4.69, 9.17) is 4.74 Å². The van der Waals surface area contributed by atoms with Crippen molar-refractivity contribution >= 4 is 17.4 Å². The van der Waals surface area contributed by atoms with E-state index < -0.39 is 0 Å². The zero-order valence-corrected chi connectivity index (χ0v) is 14.3. The van der Waals surface area contributed by atoms with Crippen molar-refractivity contribution in [3.8, 4) is 5.75 Å². The highest BCUT2D eigenvalue weighted by Crippen LogP contribution is 2.22. The van der Waals surface area contributed by atoms with E-state index in [0.29, 0.717) is 17.4 Å². The van der Waals surface area contributed by atoms with Gasteiger partial charge in [0.2, 0.25) is 0 Å². The average Bonchev–Trinajstić information content (AvgIpc) is 3.00. The average molecular weight is 331 g/mol. The summed E-state index contributed by atoms with van der Waals surface area (Å²) >= 11 is 1.18. The zero-order valence-electron chi connectivity index (χ0n) is 13.5. The maximum atomic E-state index is 12.6. The van der Waals surface area contributed by atoms with Gasteiger partial charge in [0.15, 0.2) is 0 Å². The normalized spacial score (nSPS) is 18.0. The molecule has 0 saturated carbocycles. The molecule has 0 bridgehead atoms. The number of benzene rings is 1. The van der Waals surface area contributed by atoms with E-state index in [2.05, 4.69) is 16.5 Å². The molecule has 0 aliphatic carbocycles. The van der Waals surface area contributed by atoms with Gasteiger partial charge in [0, 0.05) is 19.0 Å². The van der Waals surface area contributed by atoms with E-state index in [-0.39, 0.29) is 5.91 Å². The van der Waals surface area contributed by atoms with E-state index in [1.807, 2.05) is 36.1 Å². The van der Waals surface area contributed by atoms with E-state index in [1.54, 1.807) is 0 Å². The lowest BCUT2D eigenvalue weighted by molar-refractivity contribution is 0.0637. The second-order valence-electron chi connectivity index (χ2n) is 6.07. The summed E-state index contributed by atoms with van der Waals surface area (Å²) in [6.07, 6.45) is 2.11. The van der Waals surface area contributed by atoms with Crippen LogP contribution in [0.3, 0.4) is 0 Å². The summed E-state index contributed by atoms with van der Waals surface area (Å²) in [5.41, 5.74) is 1.94. The molecule has 6 heteroatoms. The third-order valence-electron chi connectivity index (χ3n) is 4.16. The smallest absolute Gasteiger partial charge is 0.267 e. The molecule has 2 aromatic rings. The lowest BCUT2D eigenvalue weighted by atomic mass is 9.98. The Morgan fingerprint density at radius 2 is 2.13 bits per heavy atom. The highest BCUT2D eigenvalue weighted by molar-refractivity contribution is 7.07. The lowest BCUT2D eigenvalue weighted by Gasteiger charge is -2.32. The van der Waals surface area contributed by atoms with Crippen LogP contribution in [-0.2, 0) is 0 Å². The van der Waals surface area contributed by atoms with Crippen molar-refractivity contribution in [1.29, 1.82) is 0 Å². The fourth-order valence-electron chi connectivity index (χ4n) is 2.81. The van der Waals surface area contributed by atoms with Gasteiger partial charge in [-0.25, -0.2) is 0 Å². The van der Waals surface area contributed by atoms with Gasteiger partial charge in [0.25, 0.3) is 5.91 Å². The Labute approximate surface area is 140 Å². The summed E-state index contributed by atoms with van der Waals surface area (Å²) in [6, 6.07) is 8.08. The molecule has 1 aliphatic rings. The molecule has 1 saturated heterocycles.